The zero-order valence-corrected chi connectivity index (χ0v) is 10.6. The van der Waals surface area contributed by atoms with Gasteiger partial charge in [-0.1, -0.05) is 24.4 Å². The quantitative estimate of drug-likeness (QED) is 0.440. The number of benzene rings is 1. The van der Waals surface area contributed by atoms with Crippen LogP contribution in [0, 0.1) is 0 Å². The van der Waals surface area contributed by atoms with Crippen LogP contribution in [0.4, 0.5) is 5.69 Å². The van der Waals surface area contributed by atoms with E-state index in [0.29, 0.717) is 0 Å². The monoisotopic (exact) mass is 258 g/mol. The Bertz CT molecular complexity index is 597. The summed E-state index contributed by atoms with van der Waals surface area (Å²) >= 11 is 6.93. The lowest BCUT2D eigenvalue weighted by atomic mass is 9.91. The maximum absolute atomic E-state index is 5.87. The summed E-state index contributed by atoms with van der Waals surface area (Å²) in [7, 11) is 0. The van der Waals surface area contributed by atoms with Gasteiger partial charge in [0.1, 0.15) is 0 Å². The van der Waals surface area contributed by atoms with E-state index in [4.69, 9.17) is 18.0 Å². The normalized spacial score (nSPS) is 17.8. The Kier molecular flexibility index (Phi) is 2.61. The molecule has 1 aliphatic heterocycles. The molecule has 0 bridgehead atoms. The lowest BCUT2D eigenvalue weighted by Crippen LogP contribution is -2.06. The Hall–Kier alpha value is -1.39. The second-order valence-electron chi connectivity index (χ2n) is 3.94. The van der Waals surface area contributed by atoms with Crippen LogP contribution in [0.25, 0.3) is 5.57 Å². The molecule has 1 aromatic rings. The van der Waals surface area contributed by atoms with Crippen LogP contribution in [0.15, 0.2) is 45.2 Å². The Morgan fingerprint density at radius 2 is 2.24 bits per heavy atom. The summed E-state index contributed by atoms with van der Waals surface area (Å²) in [6.45, 7) is 0. The molecule has 2 N–H and O–H groups in total. The minimum absolute atomic E-state index is 0.760. The van der Waals surface area contributed by atoms with E-state index in [-0.39, 0.29) is 0 Å². The van der Waals surface area contributed by atoms with E-state index in [2.05, 4.69) is 16.5 Å². The molecule has 1 heterocycles. The Morgan fingerprint density at radius 3 is 3.12 bits per heavy atom. The van der Waals surface area contributed by atoms with Crippen LogP contribution in [-0.4, -0.2) is 11.1 Å². The SMILES string of the molecule is Nc1ccc2c(c1)C1=C(C=CCC1=S)C=NS2. The Morgan fingerprint density at radius 1 is 1.35 bits per heavy atom. The van der Waals surface area contributed by atoms with Crippen molar-refractivity contribution in [3.63, 3.8) is 0 Å². The van der Waals surface area contributed by atoms with Crippen molar-refractivity contribution in [1.29, 1.82) is 0 Å². The van der Waals surface area contributed by atoms with Gasteiger partial charge in [-0.25, -0.2) is 4.40 Å². The van der Waals surface area contributed by atoms with Gasteiger partial charge in [0.15, 0.2) is 0 Å². The summed E-state index contributed by atoms with van der Waals surface area (Å²) in [6.07, 6.45) is 6.85. The van der Waals surface area contributed by atoms with Crippen LogP contribution in [0.3, 0.4) is 0 Å². The fourth-order valence-corrected chi connectivity index (χ4v) is 3.01. The number of fused-ring (bicyclic) bond motifs is 2. The van der Waals surface area contributed by atoms with Crippen molar-refractivity contribution in [3.05, 3.63) is 41.5 Å². The topological polar surface area (TPSA) is 38.4 Å². The Labute approximate surface area is 109 Å². The van der Waals surface area contributed by atoms with Gasteiger partial charge in [0.2, 0.25) is 0 Å². The number of anilines is 1. The van der Waals surface area contributed by atoms with Crippen LogP contribution in [0.5, 0.6) is 0 Å². The van der Waals surface area contributed by atoms with Gasteiger partial charge in [0.25, 0.3) is 0 Å². The van der Waals surface area contributed by atoms with Crippen molar-refractivity contribution in [2.24, 2.45) is 4.40 Å². The number of thiocarbonyl (C=S) groups is 1. The molecule has 3 rings (SSSR count). The van der Waals surface area contributed by atoms with Crippen LogP contribution in [-0.2, 0) is 0 Å². The highest BCUT2D eigenvalue weighted by atomic mass is 32.2. The van der Waals surface area contributed by atoms with Gasteiger partial charge in [-0.15, -0.1) is 0 Å². The van der Waals surface area contributed by atoms with E-state index in [1.54, 1.807) is 0 Å². The summed E-state index contributed by atoms with van der Waals surface area (Å²) in [6, 6.07) is 5.88. The first kappa shape index (κ1) is 10.7. The van der Waals surface area contributed by atoms with Gasteiger partial charge in [0, 0.05) is 56.7 Å². The van der Waals surface area contributed by atoms with Crippen molar-refractivity contribution < 1.29 is 0 Å². The molecule has 0 radical (unpaired) electrons. The first-order valence-corrected chi connectivity index (χ1v) is 6.48. The van der Waals surface area contributed by atoms with Crippen LogP contribution >= 0.6 is 24.2 Å². The first-order chi connectivity index (χ1) is 8.25. The third kappa shape index (κ3) is 1.83. The fourth-order valence-electron chi connectivity index (χ4n) is 2.02. The molecular formula is C13H10N2S2. The fraction of sp³-hybridized carbons (Fsp3) is 0.0769. The predicted octanol–water partition coefficient (Wildman–Crippen LogP) is 3.44. The molecule has 1 aliphatic carbocycles. The van der Waals surface area contributed by atoms with E-state index in [0.717, 1.165) is 38.6 Å². The number of allylic oxidation sites excluding steroid dienone is 4. The van der Waals surface area contributed by atoms with E-state index in [1.807, 2.05) is 24.4 Å². The Balaban J connectivity index is 2.30. The van der Waals surface area contributed by atoms with Gasteiger partial charge in [-0.05, 0) is 18.2 Å². The van der Waals surface area contributed by atoms with Crippen molar-refractivity contribution >= 4 is 46.5 Å². The minimum atomic E-state index is 0.760. The average molecular weight is 258 g/mol. The van der Waals surface area contributed by atoms with E-state index in [1.165, 1.54) is 11.9 Å². The number of rotatable bonds is 0. The van der Waals surface area contributed by atoms with Crippen molar-refractivity contribution in [2.75, 3.05) is 5.73 Å². The van der Waals surface area contributed by atoms with Gasteiger partial charge in [-0.2, -0.15) is 0 Å². The van der Waals surface area contributed by atoms with Crippen LogP contribution in [0.1, 0.15) is 12.0 Å². The molecule has 0 saturated carbocycles. The molecule has 0 saturated heterocycles. The summed E-state index contributed by atoms with van der Waals surface area (Å²) in [4.78, 5) is 2.07. The second kappa shape index (κ2) is 4.13. The zero-order chi connectivity index (χ0) is 11.8. The van der Waals surface area contributed by atoms with Crippen molar-refractivity contribution in [3.8, 4) is 0 Å². The molecule has 1 aromatic carbocycles. The second-order valence-corrected chi connectivity index (χ2v) is 5.27. The summed E-state index contributed by atoms with van der Waals surface area (Å²) in [5.41, 5.74) is 9.93. The lowest BCUT2D eigenvalue weighted by Gasteiger charge is -2.15. The number of nitrogens with zero attached hydrogens (tertiary/aromatic N) is 1. The predicted molar refractivity (Wildman–Crippen MR) is 78.5 cm³/mol. The van der Waals surface area contributed by atoms with Gasteiger partial charge in [0.05, 0.1) is 0 Å². The number of hydrogen-bond donors (Lipinski definition) is 1. The molecule has 84 valence electrons. The summed E-state index contributed by atoms with van der Waals surface area (Å²) in [5.74, 6) is 0. The number of nitrogens with two attached hydrogens (primary N) is 1. The average Bonchev–Trinajstić information content (AvgIpc) is 2.49. The third-order valence-corrected chi connectivity index (χ3v) is 3.92. The van der Waals surface area contributed by atoms with E-state index < -0.39 is 0 Å². The van der Waals surface area contributed by atoms with Crippen molar-refractivity contribution in [1.82, 2.24) is 0 Å². The third-order valence-electron chi connectivity index (χ3n) is 2.78. The van der Waals surface area contributed by atoms with E-state index in [9.17, 15) is 0 Å². The molecule has 2 nitrogen and oxygen atoms in total. The largest absolute Gasteiger partial charge is 0.399 e. The first-order valence-electron chi connectivity index (χ1n) is 5.30. The molecule has 2 aliphatic rings. The number of hydrogen-bond acceptors (Lipinski definition) is 4. The van der Waals surface area contributed by atoms with Gasteiger partial charge in [-0.3, -0.25) is 0 Å². The molecule has 4 heteroatoms. The smallest absolute Gasteiger partial charge is 0.0434 e. The maximum atomic E-state index is 5.87. The molecular weight excluding hydrogens is 248 g/mol. The molecule has 0 amide bonds. The molecule has 0 unspecified atom stereocenters. The number of nitrogen functional groups attached to an aromatic ring is 1. The van der Waals surface area contributed by atoms with Gasteiger partial charge >= 0.3 is 0 Å². The van der Waals surface area contributed by atoms with Crippen LogP contribution in [0.2, 0.25) is 0 Å². The maximum Gasteiger partial charge on any atom is 0.0434 e. The lowest BCUT2D eigenvalue weighted by molar-refractivity contribution is 1.39. The molecule has 0 atom stereocenters. The minimum Gasteiger partial charge on any atom is -0.399 e. The molecule has 0 fully saturated rings. The van der Waals surface area contributed by atoms with Gasteiger partial charge < -0.3 is 5.73 Å². The van der Waals surface area contributed by atoms with Crippen molar-refractivity contribution in [2.45, 2.75) is 11.3 Å². The van der Waals surface area contributed by atoms with E-state index >= 15 is 0 Å². The summed E-state index contributed by atoms with van der Waals surface area (Å²) in [5, 5.41) is 0. The zero-order valence-electron chi connectivity index (χ0n) is 9.01. The molecule has 0 aromatic heterocycles. The highest BCUT2D eigenvalue weighted by Crippen LogP contribution is 2.37. The van der Waals surface area contributed by atoms with Crippen LogP contribution < -0.4 is 5.73 Å². The summed E-state index contributed by atoms with van der Waals surface area (Å²) < 4.78 is 4.34. The highest BCUT2D eigenvalue weighted by molar-refractivity contribution is 7.98. The molecule has 17 heavy (non-hydrogen) atoms. The molecule has 0 spiro atoms. The highest BCUT2D eigenvalue weighted by Gasteiger charge is 2.20. The standard InChI is InChI=1S/C13H10N2S2/c14-9-4-5-12-10(6-9)13-8(7-15-17-12)2-1-3-11(13)16/h1-2,4-7H,3,14H2.